The molecule has 4 heteroatoms. The molecule has 2 nitrogen and oxygen atoms in total. The second kappa shape index (κ2) is 5.73. The molecule has 1 aromatic carbocycles. The molecule has 1 aliphatic heterocycles. The van der Waals surface area contributed by atoms with E-state index < -0.39 is 0 Å². The molecule has 0 amide bonds. The van der Waals surface area contributed by atoms with Gasteiger partial charge in [0, 0.05) is 22.5 Å². The number of rotatable bonds is 2. The molecule has 17 heavy (non-hydrogen) atoms. The zero-order chi connectivity index (χ0) is 12.3. The van der Waals surface area contributed by atoms with Gasteiger partial charge in [0.05, 0.1) is 6.07 Å². The van der Waals surface area contributed by atoms with E-state index in [1.807, 2.05) is 12.1 Å². The lowest BCUT2D eigenvalue weighted by Crippen LogP contribution is -2.32. The fraction of sp³-hybridized carbons (Fsp3) is 0.462. The molecule has 0 saturated carbocycles. The van der Waals surface area contributed by atoms with Crippen molar-refractivity contribution in [3.8, 4) is 6.07 Å². The van der Waals surface area contributed by atoms with Crippen LogP contribution in [0.4, 0.5) is 0 Å². The van der Waals surface area contributed by atoms with Crippen LogP contribution in [0.5, 0.6) is 0 Å². The minimum atomic E-state index is 0.229. The van der Waals surface area contributed by atoms with Crippen molar-refractivity contribution in [2.75, 3.05) is 13.1 Å². The predicted molar refractivity (Wildman–Crippen MR) is 70.1 cm³/mol. The number of benzene rings is 1. The monoisotopic (exact) mass is 268 g/mol. The first kappa shape index (κ1) is 12.7. The zero-order valence-electron chi connectivity index (χ0n) is 9.50. The number of nitriles is 1. The lowest BCUT2D eigenvalue weighted by atomic mass is 9.98. The maximum Gasteiger partial charge on any atom is 0.0656 e. The summed E-state index contributed by atoms with van der Waals surface area (Å²) in [6.07, 6.45) is 1.92. The number of hydrogen-bond donors (Lipinski definition) is 0. The highest BCUT2D eigenvalue weighted by molar-refractivity contribution is 6.35. The summed E-state index contributed by atoms with van der Waals surface area (Å²) in [6.45, 7) is 2.78. The van der Waals surface area contributed by atoms with E-state index >= 15 is 0 Å². The van der Waals surface area contributed by atoms with Gasteiger partial charge in [-0.05, 0) is 43.6 Å². The fourth-order valence-electron chi connectivity index (χ4n) is 2.11. The third-order valence-electron chi connectivity index (χ3n) is 3.18. The molecule has 1 heterocycles. The van der Waals surface area contributed by atoms with Gasteiger partial charge in [0.15, 0.2) is 0 Å². The summed E-state index contributed by atoms with van der Waals surface area (Å²) >= 11 is 12.0. The van der Waals surface area contributed by atoms with Crippen LogP contribution in [-0.2, 0) is 6.54 Å². The Kier molecular flexibility index (Phi) is 4.28. The lowest BCUT2D eigenvalue weighted by molar-refractivity contribution is 0.198. The highest BCUT2D eigenvalue weighted by atomic mass is 35.5. The molecule has 1 saturated heterocycles. The van der Waals surface area contributed by atoms with Gasteiger partial charge in [-0.25, -0.2) is 0 Å². The Morgan fingerprint density at radius 1 is 1.29 bits per heavy atom. The average molecular weight is 269 g/mol. The Bertz CT molecular complexity index is 432. The van der Waals surface area contributed by atoms with Crippen molar-refractivity contribution in [1.29, 1.82) is 5.26 Å². The zero-order valence-corrected chi connectivity index (χ0v) is 11.0. The molecule has 0 unspecified atom stereocenters. The predicted octanol–water partition coefficient (Wildman–Crippen LogP) is 3.73. The van der Waals surface area contributed by atoms with Crippen LogP contribution in [0.25, 0.3) is 0 Å². The minimum Gasteiger partial charge on any atom is -0.299 e. The van der Waals surface area contributed by atoms with Crippen LogP contribution in [0.3, 0.4) is 0 Å². The summed E-state index contributed by atoms with van der Waals surface area (Å²) < 4.78 is 0. The number of nitrogens with zero attached hydrogens (tertiary/aromatic N) is 2. The number of halogens is 2. The first-order chi connectivity index (χ1) is 8.19. The summed E-state index contributed by atoms with van der Waals surface area (Å²) in [5.74, 6) is 0.229. The summed E-state index contributed by atoms with van der Waals surface area (Å²) in [6, 6.07) is 7.95. The molecule has 0 spiro atoms. The molecule has 90 valence electrons. The maximum atomic E-state index is 8.84. The lowest BCUT2D eigenvalue weighted by Gasteiger charge is -2.29. The molecule has 0 N–H and O–H groups in total. The standard InChI is InChI=1S/C13H14Cl2N2/c14-12-2-1-11(13(15)7-12)9-17-5-3-10(8-16)4-6-17/h1-2,7,10H,3-6,9H2. The van der Waals surface area contributed by atoms with E-state index in [0.717, 1.165) is 43.1 Å². The SMILES string of the molecule is N#CC1CCN(Cc2ccc(Cl)cc2Cl)CC1. The Morgan fingerprint density at radius 2 is 2.00 bits per heavy atom. The molecular formula is C13H14Cl2N2. The fourth-order valence-corrected chi connectivity index (χ4v) is 2.58. The van der Waals surface area contributed by atoms with E-state index in [1.165, 1.54) is 0 Å². The van der Waals surface area contributed by atoms with Crippen LogP contribution in [0.1, 0.15) is 18.4 Å². The maximum absolute atomic E-state index is 8.84. The molecule has 1 aromatic rings. The van der Waals surface area contributed by atoms with E-state index in [1.54, 1.807) is 6.07 Å². The number of hydrogen-bond acceptors (Lipinski definition) is 2. The van der Waals surface area contributed by atoms with Gasteiger partial charge in [0.25, 0.3) is 0 Å². The van der Waals surface area contributed by atoms with Gasteiger partial charge in [-0.3, -0.25) is 4.90 Å². The summed E-state index contributed by atoms with van der Waals surface area (Å²) in [7, 11) is 0. The molecule has 0 radical (unpaired) electrons. The third-order valence-corrected chi connectivity index (χ3v) is 3.77. The summed E-state index contributed by atoms with van der Waals surface area (Å²) in [5, 5.41) is 10.2. The van der Waals surface area contributed by atoms with Gasteiger partial charge in [-0.15, -0.1) is 0 Å². The smallest absolute Gasteiger partial charge is 0.0656 e. The Balaban J connectivity index is 1.96. The molecular weight excluding hydrogens is 255 g/mol. The molecule has 0 aliphatic carbocycles. The van der Waals surface area contributed by atoms with Crippen molar-refractivity contribution in [2.45, 2.75) is 19.4 Å². The molecule has 1 fully saturated rings. The van der Waals surface area contributed by atoms with Crippen LogP contribution in [0.2, 0.25) is 10.0 Å². The minimum absolute atomic E-state index is 0.229. The van der Waals surface area contributed by atoms with Gasteiger partial charge in [-0.2, -0.15) is 5.26 Å². The van der Waals surface area contributed by atoms with Gasteiger partial charge < -0.3 is 0 Å². The number of likely N-dealkylation sites (tertiary alicyclic amines) is 1. The van der Waals surface area contributed by atoms with Gasteiger partial charge >= 0.3 is 0 Å². The second-order valence-electron chi connectivity index (χ2n) is 4.42. The third kappa shape index (κ3) is 3.35. The first-order valence-corrected chi connectivity index (χ1v) is 6.50. The van der Waals surface area contributed by atoms with Crippen LogP contribution in [0, 0.1) is 17.2 Å². The van der Waals surface area contributed by atoms with Crippen LogP contribution < -0.4 is 0 Å². The van der Waals surface area contributed by atoms with Gasteiger partial charge in [0.2, 0.25) is 0 Å². The van der Waals surface area contributed by atoms with Crippen molar-refractivity contribution in [2.24, 2.45) is 5.92 Å². The van der Waals surface area contributed by atoms with Crippen molar-refractivity contribution < 1.29 is 0 Å². The van der Waals surface area contributed by atoms with Crippen LogP contribution in [-0.4, -0.2) is 18.0 Å². The Hall–Kier alpha value is -0.750. The van der Waals surface area contributed by atoms with Gasteiger partial charge in [0.1, 0.15) is 0 Å². The Labute approximate surface area is 112 Å². The van der Waals surface area contributed by atoms with E-state index in [4.69, 9.17) is 28.5 Å². The van der Waals surface area contributed by atoms with Crippen LogP contribution in [0.15, 0.2) is 18.2 Å². The average Bonchev–Trinajstić information content (AvgIpc) is 2.34. The Morgan fingerprint density at radius 3 is 2.59 bits per heavy atom. The van der Waals surface area contributed by atoms with E-state index in [-0.39, 0.29) is 5.92 Å². The normalized spacial score (nSPS) is 17.9. The molecule has 1 aliphatic rings. The highest BCUT2D eigenvalue weighted by Gasteiger charge is 2.19. The summed E-state index contributed by atoms with van der Waals surface area (Å²) in [4.78, 5) is 2.34. The quantitative estimate of drug-likeness (QED) is 0.818. The van der Waals surface area contributed by atoms with Crippen LogP contribution >= 0.6 is 23.2 Å². The largest absolute Gasteiger partial charge is 0.299 e. The van der Waals surface area contributed by atoms with Crippen molar-refractivity contribution in [3.63, 3.8) is 0 Å². The molecule has 0 aromatic heterocycles. The van der Waals surface area contributed by atoms with E-state index in [9.17, 15) is 0 Å². The first-order valence-electron chi connectivity index (χ1n) is 5.75. The van der Waals surface area contributed by atoms with E-state index in [2.05, 4.69) is 11.0 Å². The van der Waals surface area contributed by atoms with E-state index in [0.29, 0.717) is 5.02 Å². The topological polar surface area (TPSA) is 27.0 Å². The number of piperidine rings is 1. The summed E-state index contributed by atoms with van der Waals surface area (Å²) in [5.41, 5.74) is 1.10. The van der Waals surface area contributed by atoms with Crippen molar-refractivity contribution in [1.82, 2.24) is 4.90 Å². The molecule has 2 rings (SSSR count). The molecule has 0 atom stereocenters. The van der Waals surface area contributed by atoms with Crippen molar-refractivity contribution >= 4 is 23.2 Å². The van der Waals surface area contributed by atoms with Crippen molar-refractivity contribution in [3.05, 3.63) is 33.8 Å². The van der Waals surface area contributed by atoms with Gasteiger partial charge in [-0.1, -0.05) is 29.3 Å². The highest BCUT2D eigenvalue weighted by Crippen LogP contribution is 2.24. The molecule has 0 bridgehead atoms. The second-order valence-corrected chi connectivity index (χ2v) is 5.26.